The molecule has 2 aromatic heterocycles. The molecule has 0 aliphatic rings. The third-order valence-electron chi connectivity index (χ3n) is 4.90. The number of thioether (sulfide) groups is 1. The summed E-state index contributed by atoms with van der Waals surface area (Å²) in [5, 5.41) is 13.3. The molecule has 10 nitrogen and oxygen atoms in total. The van der Waals surface area contributed by atoms with Crippen LogP contribution in [0.2, 0.25) is 0 Å². The summed E-state index contributed by atoms with van der Waals surface area (Å²) in [4.78, 5) is 24.5. The van der Waals surface area contributed by atoms with Crippen molar-refractivity contribution in [1.29, 1.82) is 0 Å². The maximum atomic E-state index is 12.8. The number of hydrogen-bond donors (Lipinski definition) is 2. The van der Waals surface area contributed by atoms with Crippen LogP contribution in [0.1, 0.15) is 25.0 Å². The number of sulfonamides is 1. The van der Waals surface area contributed by atoms with Gasteiger partial charge in [0.25, 0.3) is 0 Å². The summed E-state index contributed by atoms with van der Waals surface area (Å²) in [6.45, 7) is 8.07. The number of fused-ring (bicyclic) bond motifs is 1. The average Bonchev–Trinajstić information content (AvgIpc) is 3.17. The lowest BCUT2D eigenvalue weighted by atomic mass is 10.1. The number of anilines is 1. The van der Waals surface area contributed by atoms with Gasteiger partial charge in [0, 0.05) is 25.0 Å². The highest BCUT2D eigenvalue weighted by Crippen LogP contribution is 2.21. The van der Waals surface area contributed by atoms with E-state index in [1.165, 1.54) is 21.0 Å². The van der Waals surface area contributed by atoms with Crippen LogP contribution in [-0.4, -0.2) is 58.1 Å². The van der Waals surface area contributed by atoms with Crippen molar-refractivity contribution in [2.75, 3.05) is 24.2 Å². The second-order valence-electron chi connectivity index (χ2n) is 7.27. The van der Waals surface area contributed by atoms with Gasteiger partial charge >= 0.3 is 6.03 Å². The Labute approximate surface area is 196 Å². The summed E-state index contributed by atoms with van der Waals surface area (Å²) in [7, 11) is -3.66. The molecule has 2 heterocycles. The number of amides is 3. The van der Waals surface area contributed by atoms with Gasteiger partial charge in [0.2, 0.25) is 15.9 Å². The highest BCUT2D eigenvalue weighted by molar-refractivity contribution is 7.99. The molecular formula is C21H26N6O4S2. The molecule has 0 saturated carbocycles. The van der Waals surface area contributed by atoms with E-state index in [9.17, 15) is 18.0 Å². The van der Waals surface area contributed by atoms with Gasteiger partial charge in [0.15, 0.2) is 10.8 Å². The van der Waals surface area contributed by atoms with Crippen LogP contribution in [0.3, 0.4) is 0 Å². The molecule has 3 rings (SSSR count). The number of carbonyl (C=O) groups excluding carboxylic acids is 2. The van der Waals surface area contributed by atoms with E-state index in [0.717, 1.165) is 22.9 Å². The molecule has 12 heteroatoms. The van der Waals surface area contributed by atoms with Gasteiger partial charge in [-0.1, -0.05) is 43.3 Å². The molecule has 0 saturated heterocycles. The van der Waals surface area contributed by atoms with Crippen LogP contribution < -0.4 is 10.6 Å². The number of aryl methyl sites for hydroxylation is 2. The van der Waals surface area contributed by atoms with Gasteiger partial charge in [0.1, 0.15) is 0 Å². The molecule has 3 amide bonds. The fourth-order valence-corrected chi connectivity index (χ4v) is 5.39. The van der Waals surface area contributed by atoms with Crippen molar-refractivity contribution in [2.45, 2.75) is 37.7 Å². The zero-order valence-corrected chi connectivity index (χ0v) is 20.5. The lowest BCUT2D eigenvalue weighted by molar-refractivity contribution is -0.117. The highest BCUT2D eigenvalue weighted by atomic mass is 32.2. The molecule has 0 aliphatic carbocycles. The van der Waals surface area contributed by atoms with Gasteiger partial charge in [-0.3, -0.25) is 14.5 Å². The van der Waals surface area contributed by atoms with Gasteiger partial charge < -0.3 is 5.32 Å². The number of pyridine rings is 1. The SMILES string of the molecule is CCN(CC)S(=O)(=O)c1ccc2nnc(SCC(=O)NC(=O)Nc3ccc(C)cc3C)n2c1. The normalized spacial score (nSPS) is 11.7. The Morgan fingerprint density at radius 1 is 1.09 bits per heavy atom. The minimum Gasteiger partial charge on any atom is -0.307 e. The van der Waals surface area contributed by atoms with E-state index in [1.54, 1.807) is 26.0 Å². The topological polar surface area (TPSA) is 126 Å². The number of hydrogen-bond acceptors (Lipinski definition) is 7. The number of aromatic nitrogens is 3. The number of rotatable bonds is 8. The third kappa shape index (κ3) is 5.70. The quantitative estimate of drug-likeness (QED) is 0.465. The zero-order chi connectivity index (χ0) is 24.2. The van der Waals surface area contributed by atoms with Crippen LogP contribution in [0, 0.1) is 13.8 Å². The molecule has 0 bridgehead atoms. The fourth-order valence-electron chi connectivity index (χ4n) is 3.21. The van der Waals surface area contributed by atoms with Crippen LogP contribution in [0.15, 0.2) is 46.6 Å². The van der Waals surface area contributed by atoms with Crippen molar-refractivity contribution < 1.29 is 18.0 Å². The van der Waals surface area contributed by atoms with Gasteiger partial charge in [0.05, 0.1) is 10.6 Å². The van der Waals surface area contributed by atoms with E-state index in [4.69, 9.17) is 0 Å². The number of carbonyl (C=O) groups is 2. The number of urea groups is 1. The van der Waals surface area contributed by atoms with E-state index < -0.39 is 22.0 Å². The second-order valence-corrected chi connectivity index (χ2v) is 10.2. The van der Waals surface area contributed by atoms with Crippen molar-refractivity contribution in [2.24, 2.45) is 0 Å². The van der Waals surface area contributed by atoms with E-state index >= 15 is 0 Å². The minimum atomic E-state index is -3.66. The van der Waals surface area contributed by atoms with Gasteiger partial charge in [-0.2, -0.15) is 4.31 Å². The molecule has 0 unspecified atom stereocenters. The molecule has 1 aromatic carbocycles. The molecular weight excluding hydrogens is 464 g/mol. The van der Waals surface area contributed by atoms with Crippen LogP contribution >= 0.6 is 11.8 Å². The Balaban J connectivity index is 1.67. The molecule has 3 aromatic rings. The number of imide groups is 1. The molecule has 0 spiro atoms. The van der Waals surface area contributed by atoms with Crippen molar-refractivity contribution in [3.63, 3.8) is 0 Å². The van der Waals surface area contributed by atoms with Crippen molar-refractivity contribution in [3.05, 3.63) is 47.7 Å². The molecule has 33 heavy (non-hydrogen) atoms. The van der Waals surface area contributed by atoms with Crippen LogP contribution in [-0.2, 0) is 14.8 Å². The van der Waals surface area contributed by atoms with Gasteiger partial charge in [-0.15, -0.1) is 10.2 Å². The largest absolute Gasteiger partial charge is 0.325 e. The molecule has 0 fully saturated rings. The first-order valence-electron chi connectivity index (χ1n) is 10.3. The summed E-state index contributed by atoms with van der Waals surface area (Å²) in [6.07, 6.45) is 1.44. The predicted molar refractivity (Wildman–Crippen MR) is 127 cm³/mol. The number of nitrogens with zero attached hydrogens (tertiary/aromatic N) is 4. The van der Waals surface area contributed by atoms with Crippen molar-refractivity contribution in [3.8, 4) is 0 Å². The first-order chi connectivity index (χ1) is 15.6. The summed E-state index contributed by atoms with van der Waals surface area (Å²) >= 11 is 1.05. The van der Waals surface area contributed by atoms with Crippen molar-refractivity contribution >= 4 is 45.1 Å². The predicted octanol–water partition coefficient (Wildman–Crippen LogP) is 2.82. The van der Waals surface area contributed by atoms with Crippen molar-refractivity contribution in [1.82, 2.24) is 24.2 Å². The molecule has 2 N–H and O–H groups in total. The van der Waals surface area contributed by atoms with Gasteiger partial charge in [-0.05, 0) is 37.6 Å². The van der Waals surface area contributed by atoms with Crippen LogP contribution in [0.5, 0.6) is 0 Å². The number of benzene rings is 1. The second kappa shape index (κ2) is 10.3. The maximum absolute atomic E-state index is 12.8. The maximum Gasteiger partial charge on any atom is 0.325 e. The van der Waals surface area contributed by atoms with Gasteiger partial charge in [-0.25, -0.2) is 13.2 Å². The van der Waals surface area contributed by atoms with E-state index in [0.29, 0.717) is 29.6 Å². The zero-order valence-electron chi connectivity index (χ0n) is 18.8. The third-order valence-corrected chi connectivity index (χ3v) is 7.88. The highest BCUT2D eigenvalue weighted by Gasteiger charge is 2.23. The van der Waals surface area contributed by atoms with E-state index in [1.807, 2.05) is 26.0 Å². The molecule has 176 valence electrons. The molecule has 0 atom stereocenters. The summed E-state index contributed by atoms with van der Waals surface area (Å²) in [5.41, 5.74) is 3.02. The van der Waals surface area contributed by atoms with Crippen LogP contribution in [0.4, 0.5) is 10.5 Å². The molecule has 0 aliphatic heterocycles. The number of nitrogens with one attached hydrogen (secondary N) is 2. The lowest BCUT2D eigenvalue weighted by Crippen LogP contribution is -2.35. The van der Waals surface area contributed by atoms with E-state index in [2.05, 4.69) is 20.8 Å². The monoisotopic (exact) mass is 490 g/mol. The Bertz CT molecular complexity index is 1290. The summed E-state index contributed by atoms with van der Waals surface area (Å²) in [5.74, 6) is -0.625. The first-order valence-corrected chi connectivity index (χ1v) is 12.7. The van der Waals surface area contributed by atoms with Crippen LogP contribution in [0.25, 0.3) is 5.65 Å². The Morgan fingerprint density at radius 2 is 1.82 bits per heavy atom. The Kier molecular flexibility index (Phi) is 7.72. The van der Waals surface area contributed by atoms with E-state index in [-0.39, 0.29) is 10.6 Å². The Hall–Kier alpha value is -2.96. The standard InChI is InChI=1S/C21H26N6O4S2/c1-5-26(6-2)33(30,31)16-8-10-18-24-25-21(27(18)12-16)32-13-19(28)23-20(29)22-17-9-7-14(3)11-15(17)4/h7-12H,5-6,13H2,1-4H3,(H2,22,23,28,29). The first kappa shape index (κ1) is 24.7. The summed E-state index contributed by atoms with van der Waals surface area (Å²) in [6, 6.07) is 7.98. The average molecular weight is 491 g/mol. The lowest BCUT2D eigenvalue weighted by Gasteiger charge is -2.18. The summed E-state index contributed by atoms with van der Waals surface area (Å²) < 4.78 is 28.5. The fraction of sp³-hybridized carbons (Fsp3) is 0.333. The minimum absolute atomic E-state index is 0.103. The molecule has 0 radical (unpaired) electrons. The smallest absolute Gasteiger partial charge is 0.307 e. The Morgan fingerprint density at radius 3 is 2.48 bits per heavy atom.